The molecular formula is C13H21FN2O2S. The number of aryl methyl sites for hydroxylation is 2. The van der Waals surface area contributed by atoms with Gasteiger partial charge in [-0.05, 0) is 51.2 Å². The molecule has 0 N–H and O–H groups in total. The summed E-state index contributed by atoms with van der Waals surface area (Å²) in [6.45, 7) is 4.26. The van der Waals surface area contributed by atoms with Gasteiger partial charge in [0.25, 0.3) is 0 Å². The lowest BCUT2D eigenvalue weighted by Gasteiger charge is -2.21. The fraction of sp³-hybridized carbons (Fsp3) is 0.538. The lowest BCUT2D eigenvalue weighted by Crippen LogP contribution is -2.34. The van der Waals surface area contributed by atoms with E-state index >= 15 is 0 Å². The van der Waals surface area contributed by atoms with Gasteiger partial charge in [-0.25, -0.2) is 12.8 Å². The van der Waals surface area contributed by atoms with Gasteiger partial charge in [-0.3, -0.25) is 0 Å². The van der Waals surface area contributed by atoms with Crippen LogP contribution in [0.25, 0.3) is 0 Å². The van der Waals surface area contributed by atoms with Gasteiger partial charge in [0, 0.05) is 20.1 Å². The second-order valence-corrected chi connectivity index (χ2v) is 6.98. The summed E-state index contributed by atoms with van der Waals surface area (Å²) in [4.78, 5) is 2.12. The SMILES string of the molecule is Cc1cc(F)cc(C)c1S(=O)(=O)N(C)CCN(C)C. The summed E-state index contributed by atoms with van der Waals surface area (Å²) in [6, 6.07) is 2.50. The van der Waals surface area contributed by atoms with Crippen LogP contribution in [-0.2, 0) is 10.0 Å². The number of benzene rings is 1. The molecule has 4 nitrogen and oxygen atoms in total. The van der Waals surface area contributed by atoms with Crippen LogP contribution in [-0.4, -0.2) is 51.9 Å². The summed E-state index contributed by atoms with van der Waals surface area (Å²) in [5.41, 5.74) is 0.878. The molecule has 0 aliphatic carbocycles. The monoisotopic (exact) mass is 288 g/mol. The molecular weight excluding hydrogens is 267 g/mol. The average Bonchev–Trinajstić information content (AvgIpc) is 2.23. The van der Waals surface area contributed by atoms with E-state index in [-0.39, 0.29) is 4.90 Å². The third-order valence-electron chi connectivity index (χ3n) is 2.96. The average molecular weight is 288 g/mol. The maximum Gasteiger partial charge on any atom is 0.243 e. The normalized spacial score (nSPS) is 12.4. The van der Waals surface area contributed by atoms with Gasteiger partial charge < -0.3 is 4.90 Å². The molecule has 0 heterocycles. The highest BCUT2D eigenvalue weighted by molar-refractivity contribution is 7.89. The van der Waals surface area contributed by atoms with E-state index in [9.17, 15) is 12.8 Å². The van der Waals surface area contributed by atoms with Gasteiger partial charge in [-0.15, -0.1) is 0 Å². The lowest BCUT2D eigenvalue weighted by molar-refractivity contribution is 0.358. The highest BCUT2D eigenvalue weighted by Gasteiger charge is 2.25. The molecule has 0 amide bonds. The predicted octanol–water partition coefficient (Wildman–Crippen LogP) is 1.62. The predicted molar refractivity (Wildman–Crippen MR) is 74.2 cm³/mol. The van der Waals surface area contributed by atoms with Crippen molar-refractivity contribution in [3.63, 3.8) is 0 Å². The van der Waals surface area contributed by atoms with Crippen LogP contribution in [0, 0.1) is 19.7 Å². The minimum absolute atomic E-state index is 0.204. The third-order valence-corrected chi connectivity index (χ3v) is 5.12. The first-order valence-electron chi connectivity index (χ1n) is 6.04. The topological polar surface area (TPSA) is 40.6 Å². The molecule has 0 bridgehead atoms. The van der Waals surface area contributed by atoms with Crippen molar-refractivity contribution in [2.75, 3.05) is 34.2 Å². The van der Waals surface area contributed by atoms with Crippen LogP contribution in [0.3, 0.4) is 0 Å². The van der Waals surface area contributed by atoms with E-state index in [2.05, 4.69) is 0 Å². The maximum absolute atomic E-state index is 13.2. The summed E-state index contributed by atoms with van der Waals surface area (Å²) in [7, 11) is 1.74. The van der Waals surface area contributed by atoms with E-state index in [0.29, 0.717) is 24.2 Å². The summed E-state index contributed by atoms with van der Waals surface area (Å²) in [5.74, 6) is -0.412. The number of hydrogen-bond donors (Lipinski definition) is 0. The van der Waals surface area contributed by atoms with Gasteiger partial charge in [0.15, 0.2) is 0 Å². The minimum atomic E-state index is -3.57. The van der Waals surface area contributed by atoms with E-state index in [0.717, 1.165) is 0 Å². The van der Waals surface area contributed by atoms with E-state index in [1.54, 1.807) is 20.9 Å². The van der Waals surface area contributed by atoms with Crippen LogP contribution in [0.5, 0.6) is 0 Å². The van der Waals surface area contributed by atoms with Crippen LogP contribution in [0.1, 0.15) is 11.1 Å². The standard InChI is InChI=1S/C13H21FN2O2S/c1-10-8-12(14)9-11(2)13(10)19(17,18)16(5)7-6-15(3)4/h8-9H,6-7H2,1-5H3. The molecule has 0 spiro atoms. The van der Waals surface area contributed by atoms with Crippen molar-refractivity contribution in [2.45, 2.75) is 18.7 Å². The van der Waals surface area contributed by atoms with Gasteiger partial charge in [0.05, 0.1) is 4.90 Å². The van der Waals surface area contributed by atoms with Crippen LogP contribution in [0.15, 0.2) is 17.0 Å². The number of halogens is 1. The van der Waals surface area contributed by atoms with Crippen LogP contribution in [0.2, 0.25) is 0 Å². The molecule has 0 saturated carbocycles. The van der Waals surface area contributed by atoms with Crippen molar-refractivity contribution in [1.29, 1.82) is 0 Å². The molecule has 0 saturated heterocycles. The number of hydrogen-bond acceptors (Lipinski definition) is 3. The Labute approximate surface area is 114 Å². The molecule has 19 heavy (non-hydrogen) atoms. The Morgan fingerprint density at radius 3 is 1.95 bits per heavy atom. The lowest BCUT2D eigenvalue weighted by atomic mass is 10.1. The summed E-state index contributed by atoms with van der Waals surface area (Å²) in [5, 5.41) is 0. The number of likely N-dealkylation sites (N-methyl/N-ethyl adjacent to an activating group) is 2. The molecule has 0 radical (unpaired) electrons. The zero-order chi connectivity index (χ0) is 14.8. The van der Waals surface area contributed by atoms with Crippen molar-refractivity contribution in [1.82, 2.24) is 9.21 Å². The molecule has 108 valence electrons. The largest absolute Gasteiger partial charge is 0.308 e. The van der Waals surface area contributed by atoms with Crippen molar-refractivity contribution < 1.29 is 12.8 Å². The minimum Gasteiger partial charge on any atom is -0.308 e. The second-order valence-electron chi connectivity index (χ2n) is 5.00. The molecule has 1 rings (SSSR count). The van der Waals surface area contributed by atoms with Gasteiger partial charge >= 0.3 is 0 Å². The van der Waals surface area contributed by atoms with Crippen LogP contribution >= 0.6 is 0 Å². The van der Waals surface area contributed by atoms with Crippen molar-refractivity contribution in [2.24, 2.45) is 0 Å². The van der Waals surface area contributed by atoms with E-state index in [1.807, 2.05) is 19.0 Å². The van der Waals surface area contributed by atoms with Gasteiger partial charge in [-0.1, -0.05) is 0 Å². The van der Waals surface area contributed by atoms with E-state index < -0.39 is 15.8 Å². The Morgan fingerprint density at radius 1 is 1.05 bits per heavy atom. The fourth-order valence-electron chi connectivity index (χ4n) is 1.92. The van der Waals surface area contributed by atoms with Crippen molar-refractivity contribution in [3.8, 4) is 0 Å². The zero-order valence-corrected chi connectivity index (χ0v) is 12.9. The van der Waals surface area contributed by atoms with Crippen molar-refractivity contribution in [3.05, 3.63) is 29.1 Å². The smallest absolute Gasteiger partial charge is 0.243 e. The molecule has 0 atom stereocenters. The Kier molecular flexibility index (Phi) is 5.06. The number of sulfonamides is 1. The summed E-state index contributed by atoms with van der Waals surface area (Å²) in [6.07, 6.45) is 0. The van der Waals surface area contributed by atoms with Crippen LogP contribution in [0.4, 0.5) is 4.39 Å². The first kappa shape index (κ1) is 16.1. The Hall–Kier alpha value is -0.980. The van der Waals surface area contributed by atoms with Gasteiger partial charge in [-0.2, -0.15) is 4.31 Å². The van der Waals surface area contributed by atoms with Gasteiger partial charge in [0.2, 0.25) is 10.0 Å². The fourth-order valence-corrected chi connectivity index (χ4v) is 3.49. The Balaban J connectivity index is 3.14. The third kappa shape index (κ3) is 3.75. The van der Waals surface area contributed by atoms with Crippen molar-refractivity contribution >= 4 is 10.0 Å². The second kappa shape index (κ2) is 5.98. The highest BCUT2D eigenvalue weighted by Crippen LogP contribution is 2.24. The Morgan fingerprint density at radius 2 is 1.53 bits per heavy atom. The highest BCUT2D eigenvalue weighted by atomic mass is 32.2. The molecule has 0 fully saturated rings. The van der Waals surface area contributed by atoms with E-state index in [4.69, 9.17) is 0 Å². The molecule has 0 aliphatic rings. The van der Waals surface area contributed by atoms with E-state index in [1.165, 1.54) is 16.4 Å². The zero-order valence-electron chi connectivity index (χ0n) is 12.1. The number of rotatable bonds is 5. The first-order valence-corrected chi connectivity index (χ1v) is 7.48. The number of nitrogens with zero attached hydrogens (tertiary/aromatic N) is 2. The molecule has 0 aromatic heterocycles. The van der Waals surface area contributed by atoms with Gasteiger partial charge in [0.1, 0.15) is 5.82 Å². The first-order chi connectivity index (χ1) is 8.66. The quantitative estimate of drug-likeness (QED) is 0.827. The molecule has 1 aromatic rings. The Bertz CT molecular complexity index is 533. The molecule has 1 aromatic carbocycles. The summed E-state index contributed by atoms with van der Waals surface area (Å²) < 4.78 is 39.5. The molecule has 6 heteroatoms. The van der Waals surface area contributed by atoms with Crippen LogP contribution < -0.4 is 0 Å². The molecule has 0 aliphatic heterocycles. The maximum atomic E-state index is 13.2. The summed E-state index contributed by atoms with van der Waals surface area (Å²) >= 11 is 0. The molecule has 0 unspecified atom stereocenters.